The lowest BCUT2D eigenvalue weighted by Gasteiger charge is -2.39. The van der Waals surface area contributed by atoms with E-state index in [0.717, 1.165) is 12.1 Å². The number of fused-ring (bicyclic) bond motifs is 1. The maximum absolute atomic E-state index is 12.9. The summed E-state index contributed by atoms with van der Waals surface area (Å²) in [6, 6.07) is 7.02. The molecule has 10 atom stereocenters. The quantitative estimate of drug-likeness (QED) is 0.130. The van der Waals surface area contributed by atoms with Gasteiger partial charge in [-0.1, -0.05) is 0 Å². The average Bonchev–Trinajstić information content (AvgIpc) is 2.98. The van der Waals surface area contributed by atoms with Crippen molar-refractivity contribution in [2.24, 2.45) is 0 Å². The number of benzene rings is 2. The number of ether oxygens (including phenoxy) is 4. The molecule has 2 aliphatic rings. The van der Waals surface area contributed by atoms with E-state index < -0.39 is 91.6 Å². The van der Waals surface area contributed by atoms with Crippen molar-refractivity contribution < 1.29 is 74.4 Å². The molecule has 0 saturated carbocycles. The van der Waals surface area contributed by atoms with Crippen LogP contribution in [0, 0.1) is 0 Å². The summed E-state index contributed by atoms with van der Waals surface area (Å²) in [7, 11) is 0. The molecule has 16 heteroatoms. The third kappa shape index (κ3) is 5.85. The molecule has 16 nitrogen and oxygen atoms in total. The highest BCUT2D eigenvalue weighted by Crippen LogP contribution is 2.37. The molecule has 2 aliphatic heterocycles. The minimum Gasteiger partial charge on any atom is -0.507 e. The Morgan fingerprint density at radius 1 is 0.674 bits per heavy atom. The fraction of sp³-hybridized carbons (Fsp3) is 0.444. The highest BCUT2D eigenvalue weighted by Gasteiger charge is 2.46. The maximum Gasteiger partial charge on any atom is 0.229 e. The van der Waals surface area contributed by atoms with Gasteiger partial charge in [0.2, 0.25) is 12.6 Å². The zero-order valence-electron chi connectivity index (χ0n) is 22.1. The van der Waals surface area contributed by atoms with Crippen LogP contribution in [0.15, 0.2) is 45.6 Å². The number of aromatic hydroxyl groups is 2. The van der Waals surface area contributed by atoms with Gasteiger partial charge in [0.25, 0.3) is 0 Å². The Morgan fingerprint density at radius 2 is 1.26 bits per heavy atom. The molecule has 0 aliphatic carbocycles. The number of phenols is 2. The Hall–Kier alpha value is -3.55. The minimum absolute atomic E-state index is 0.0828. The van der Waals surface area contributed by atoms with Crippen molar-refractivity contribution in [2.75, 3.05) is 13.2 Å². The summed E-state index contributed by atoms with van der Waals surface area (Å²) < 4.78 is 27.5. The fourth-order valence-electron chi connectivity index (χ4n) is 4.80. The third-order valence-corrected chi connectivity index (χ3v) is 7.22. The van der Waals surface area contributed by atoms with Gasteiger partial charge in [0, 0.05) is 23.8 Å². The summed E-state index contributed by atoms with van der Waals surface area (Å²) in [6.45, 7) is -1.39. The van der Waals surface area contributed by atoms with Gasteiger partial charge in [0.1, 0.15) is 77.1 Å². The summed E-state index contributed by atoms with van der Waals surface area (Å²) in [5.41, 5.74) is -0.708. The van der Waals surface area contributed by atoms with Crippen LogP contribution in [0.2, 0.25) is 0 Å². The average molecular weight is 611 g/mol. The van der Waals surface area contributed by atoms with Gasteiger partial charge in [-0.2, -0.15) is 0 Å². The maximum atomic E-state index is 12.9. The molecule has 1 aromatic heterocycles. The van der Waals surface area contributed by atoms with Gasteiger partial charge in [-0.25, -0.2) is 0 Å². The molecule has 5 rings (SSSR count). The Labute approximate surface area is 241 Å². The van der Waals surface area contributed by atoms with E-state index in [-0.39, 0.29) is 33.8 Å². The highest BCUT2D eigenvalue weighted by molar-refractivity contribution is 5.86. The first kappa shape index (κ1) is 30.9. The monoisotopic (exact) mass is 610 g/mol. The summed E-state index contributed by atoms with van der Waals surface area (Å²) in [6.07, 6.45) is -15.9. The molecular formula is C27H30O16. The standard InChI is InChI=1S/C27H30O16/c28-7-17-20(33)22(35)24(37)26(42-17)39-10-4-12(31)19-13(32)6-14(40-16(19)5-10)9-1-2-11(30)15(3-9)41-27-25(38)23(36)21(34)18(8-29)43-27/h1-6,17-18,20-31,33-38H,7-8H2/t17-,18-,20-,21-,22+,23+,24-,25-,26-,27+/m1/s1. The van der Waals surface area contributed by atoms with Crippen LogP contribution in [0.5, 0.6) is 23.0 Å². The summed E-state index contributed by atoms with van der Waals surface area (Å²) in [5, 5.41) is 99.9. The van der Waals surface area contributed by atoms with Gasteiger partial charge in [-0.3, -0.25) is 4.79 Å². The van der Waals surface area contributed by atoms with Crippen LogP contribution in [-0.4, -0.2) is 126 Å². The molecular weight excluding hydrogens is 580 g/mol. The largest absolute Gasteiger partial charge is 0.507 e. The van der Waals surface area contributed by atoms with Gasteiger partial charge < -0.3 is 74.4 Å². The van der Waals surface area contributed by atoms with Crippen molar-refractivity contribution in [1.82, 2.24) is 0 Å². The first-order chi connectivity index (χ1) is 20.4. The first-order valence-electron chi connectivity index (χ1n) is 13.0. The summed E-state index contributed by atoms with van der Waals surface area (Å²) in [5.74, 6) is -1.54. The molecule has 2 saturated heterocycles. The Balaban J connectivity index is 1.45. The number of phenolic OH excluding ortho intramolecular Hbond substituents is 2. The smallest absolute Gasteiger partial charge is 0.229 e. The number of rotatable bonds is 7. The van der Waals surface area contributed by atoms with E-state index in [0.29, 0.717) is 0 Å². The van der Waals surface area contributed by atoms with Gasteiger partial charge in [-0.05, 0) is 18.2 Å². The van der Waals surface area contributed by atoms with Crippen molar-refractivity contribution in [2.45, 2.75) is 61.4 Å². The zero-order chi connectivity index (χ0) is 31.2. The number of aliphatic hydroxyl groups excluding tert-OH is 8. The molecule has 234 valence electrons. The van der Waals surface area contributed by atoms with Crippen LogP contribution < -0.4 is 14.9 Å². The van der Waals surface area contributed by atoms with Crippen LogP contribution in [0.4, 0.5) is 0 Å². The van der Waals surface area contributed by atoms with Crippen molar-refractivity contribution >= 4 is 11.0 Å². The predicted molar refractivity (Wildman–Crippen MR) is 140 cm³/mol. The number of hydrogen-bond donors (Lipinski definition) is 10. The minimum atomic E-state index is -1.76. The molecule has 3 heterocycles. The van der Waals surface area contributed by atoms with Gasteiger partial charge in [-0.15, -0.1) is 0 Å². The third-order valence-electron chi connectivity index (χ3n) is 7.22. The van der Waals surface area contributed by atoms with Crippen LogP contribution in [0.1, 0.15) is 0 Å². The second-order valence-electron chi connectivity index (χ2n) is 10.1. The number of hydrogen-bond acceptors (Lipinski definition) is 16. The highest BCUT2D eigenvalue weighted by atomic mass is 16.7. The lowest BCUT2D eigenvalue weighted by atomic mass is 9.99. The molecule has 0 bridgehead atoms. The van der Waals surface area contributed by atoms with E-state index in [4.69, 9.17) is 23.4 Å². The van der Waals surface area contributed by atoms with Crippen molar-refractivity contribution in [3.8, 4) is 34.3 Å². The predicted octanol–water partition coefficient (Wildman–Crippen LogP) is -2.77. The molecule has 0 spiro atoms. The molecule has 3 aromatic rings. The van der Waals surface area contributed by atoms with Gasteiger partial charge in [0.15, 0.2) is 16.9 Å². The fourth-order valence-corrected chi connectivity index (χ4v) is 4.80. The number of aliphatic hydroxyl groups is 8. The van der Waals surface area contributed by atoms with Crippen LogP contribution in [0.25, 0.3) is 22.3 Å². The van der Waals surface area contributed by atoms with Crippen molar-refractivity contribution in [3.05, 3.63) is 46.6 Å². The van der Waals surface area contributed by atoms with Crippen LogP contribution in [0.3, 0.4) is 0 Å². The van der Waals surface area contributed by atoms with E-state index in [2.05, 4.69) is 0 Å². The molecule has 2 fully saturated rings. The second kappa shape index (κ2) is 12.2. The Morgan fingerprint density at radius 3 is 1.84 bits per heavy atom. The normalized spacial score (nSPS) is 32.9. The lowest BCUT2D eigenvalue weighted by Crippen LogP contribution is -2.60. The van der Waals surface area contributed by atoms with Crippen molar-refractivity contribution in [3.63, 3.8) is 0 Å². The lowest BCUT2D eigenvalue weighted by molar-refractivity contribution is -0.277. The zero-order valence-corrected chi connectivity index (χ0v) is 22.1. The van der Waals surface area contributed by atoms with E-state index in [1.165, 1.54) is 24.3 Å². The summed E-state index contributed by atoms with van der Waals surface area (Å²) in [4.78, 5) is 12.9. The molecule has 0 amide bonds. The molecule has 2 aromatic carbocycles. The van der Waals surface area contributed by atoms with E-state index in [1.807, 2.05) is 0 Å². The first-order valence-corrected chi connectivity index (χ1v) is 13.0. The second-order valence-corrected chi connectivity index (χ2v) is 10.1. The van der Waals surface area contributed by atoms with E-state index in [9.17, 15) is 55.9 Å². The topological polar surface area (TPSA) is 269 Å². The van der Waals surface area contributed by atoms with E-state index >= 15 is 0 Å². The Bertz CT molecular complexity index is 1500. The summed E-state index contributed by atoms with van der Waals surface area (Å²) >= 11 is 0. The SMILES string of the molecule is O=c1cc(-c2ccc(O)c(O[C@H]3O[C@H](CO)[C@@H](O)[C@H](O)[C@H]3O)c2)oc2cc(O[C@@H]3O[C@H](CO)[C@@H](O)[C@H](O)[C@H]3O)cc(O)c12. The van der Waals surface area contributed by atoms with Crippen LogP contribution in [-0.2, 0) is 9.47 Å². The van der Waals surface area contributed by atoms with Gasteiger partial charge >= 0.3 is 0 Å². The van der Waals surface area contributed by atoms with Gasteiger partial charge in [0.05, 0.1) is 13.2 Å². The molecule has 10 N–H and O–H groups in total. The molecule has 0 radical (unpaired) electrons. The Kier molecular flexibility index (Phi) is 8.77. The van der Waals surface area contributed by atoms with E-state index in [1.54, 1.807) is 0 Å². The molecule has 43 heavy (non-hydrogen) atoms. The van der Waals surface area contributed by atoms with Crippen molar-refractivity contribution in [1.29, 1.82) is 0 Å². The van der Waals surface area contributed by atoms with Crippen LogP contribution >= 0.6 is 0 Å². The molecule has 0 unspecified atom stereocenters.